The molecule has 18 heavy (non-hydrogen) atoms. The van der Waals surface area contributed by atoms with Gasteiger partial charge in [-0.3, -0.25) is 0 Å². The molecule has 0 bridgehead atoms. The van der Waals surface area contributed by atoms with Gasteiger partial charge in [-0.2, -0.15) is 0 Å². The first-order chi connectivity index (χ1) is 8.44. The highest BCUT2D eigenvalue weighted by atomic mass is 19.1. The fourth-order valence-electron chi connectivity index (χ4n) is 1.72. The molecule has 1 aromatic heterocycles. The number of aromatic nitrogens is 2. The van der Waals surface area contributed by atoms with Gasteiger partial charge in [0.05, 0.1) is 11.9 Å². The van der Waals surface area contributed by atoms with Gasteiger partial charge in [0, 0.05) is 17.5 Å². The van der Waals surface area contributed by atoms with E-state index in [1.165, 1.54) is 6.07 Å². The minimum atomic E-state index is -0.194. The fourth-order valence-corrected chi connectivity index (χ4v) is 1.72. The molecule has 0 aliphatic rings. The van der Waals surface area contributed by atoms with E-state index in [9.17, 15) is 4.39 Å². The Kier molecular flexibility index (Phi) is 3.22. The zero-order valence-electron chi connectivity index (χ0n) is 10.9. The van der Waals surface area contributed by atoms with Gasteiger partial charge in [-0.25, -0.2) is 9.37 Å². The van der Waals surface area contributed by atoms with Crippen LogP contribution in [0.1, 0.15) is 25.2 Å². The summed E-state index contributed by atoms with van der Waals surface area (Å²) in [6, 6.07) is 5.02. The molecule has 0 amide bonds. The summed E-state index contributed by atoms with van der Waals surface area (Å²) in [5.41, 5.74) is 7.97. The average molecular weight is 247 g/mol. The van der Waals surface area contributed by atoms with Gasteiger partial charge in [0.2, 0.25) is 0 Å². The highest BCUT2D eigenvalue weighted by Gasteiger charge is 2.22. The number of nitrogens with zero attached hydrogens (tertiary/aromatic N) is 1. The lowest BCUT2D eigenvalue weighted by molar-refractivity contribution is 0.508. The largest absolute Gasteiger partial charge is 0.342 e. The summed E-state index contributed by atoms with van der Waals surface area (Å²) in [7, 11) is 0. The molecule has 0 saturated heterocycles. The summed E-state index contributed by atoms with van der Waals surface area (Å²) in [5, 5.41) is 0. The van der Waals surface area contributed by atoms with E-state index in [-0.39, 0.29) is 11.2 Å². The Balaban J connectivity index is 2.38. The Labute approximate surface area is 106 Å². The second-order valence-corrected chi connectivity index (χ2v) is 5.20. The molecular formula is C14H18FN3. The number of aryl methyl sites for hydroxylation is 1. The molecule has 0 saturated carbocycles. The summed E-state index contributed by atoms with van der Waals surface area (Å²) in [6.45, 7) is 6.33. The predicted octanol–water partition coefficient (Wildman–Crippen LogP) is 2.76. The minimum absolute atomic E-state index is 0.187. The molecule has 4 heteroatoms. The second kappa shape index (κ2) is 4.53. The molecule has 0 aliphatic carbocycles. The number of halogens is 1. The molecule has 0 aliphatic heterocycles. The monoisotopic (exact) mass is 247 g/mol. The first-order valence-electron chi connectivity index (χ1n) is 5.96. The summed E-state index contributed by atoms with van der Waals surface area (Å²) in [4.78, 5) is 7.61. The molecule has 0 spiro atoms. The van der Waals surface area contributed by atoms with Gasteiger partial charge in [-0.1, -0.05) is 13.8 Å². The van der Waals surface area contributed by atoms with Crippen molar-refractivity contribution in [1.82, 2.24) is 9.97 Å². The first-order valence-corrected chi connectivity index (χ1v) is 5.96. The standard InChI is InChI=1S/C14H18FN3/c1-9-6-10(4-5-11(9)15)12-7-17-13(18-12)14(2,3)8-16/h4-7H,8,16H2,1-3H3,(H,17,18). The number of hydrogen-bond acceptors (Lipinski definition) is 2. The van der Waals surface area contributed by atoms with Crippen LogP contribution >= 0.6 is 0 Å². The number of imidazole rings is 1. The predicted molar refractivity (Wildman–Crippen MR) is 70.8 cm³/mol. The normalized spacial score (nSPS) is 11.8. The third-order valence-electron chi connectivity index (χ3n) is 3.20. The lowest BCUT2D eigenvalue weighted by Gasteiger charge is -2.18. The van der Waals surface area contributed by atoms with Crippen molar-refractivity contribution in [2.45, 2.75) is 26.2 Å². The van der Waals surface area contributed by atoms with Gasteiger partial charge in [-0.05, 0) is 30.7 Å². The number of hydrogen-bond donors (Lipinski definition) is 2. The molecule has 96 valence electrons. The summed E-state index contributed by atoms with van der Waals surface area (Å²) in [5.74, 6) is 0.655. The van der Waals surface area contributed by atoms with Crippen molar-refractivity contribution >= 4 is 0 Å². The third kappa shape index (κ3) is 2.29. The average Bonchev–Trinajstić information content (AvgIpc) is 2.83. The van der Waals surface area contributed by atoms with E-state index in [2.05, 4.69) is 9.97 Å². The number of rotatable bonds is 3. The van der Waals surface area contributed by atoms with E-state index < -0.39 is 0 Å². The van der Waals surface area contributed by atoms with E-state index in [1.54, 1.807) is 19.2 Å². The Morgan fingerprint density at radius 1 is 1.39 bits per heavy atom. The highest BCUT2D eigenvalue weighted by molar-refractivity contribution is 5.59. The van der Waals surface area contributed by atoms with Crippen LogP contribution in [-0.2, 0) is 5.41 Å². The van der Waals surface area contributed by atoms with Crippen LogP contribution in [-0.4, -0.2) is 16.5 Å². The summed E-state index contributed by atoms with van der Waals surface area (Å²) >= 11 is 0. The number of nitrogens with two attached hydrogens (primary N) is 1. The molecule has 0 radical (unpaired) electrons. The van der Waals surface area contributed by atoms with E-state index in [0.717, 1.165) is 17.1 Å². The van der Waals surface area contributed by atoms with E-state index in [0.29, 0.717) is 12.1 Å². The van der Waals surface area contributed by atoms with Crippen LogP contribution in [0.5, 0.6) is 0 Å². The molecule has 2 rings (SSSR count). The molecule has 2 aromatic rings. The molecule has 1 aromatic carbocycles. The Morgan fingerprint density at radius 3 is 2.72 bits per heavy atom. The molecule has 0 atom stereocenters. The number of nitrogens with one attached hydrogen (secondary N) is 1. The van der Waals surface area contributed by atoms with Crippen molar-refractivity contribution < 1.29 is 4.39 Å². The highest BCUT2D eigenvalue weighted by Crippen LogP contribution is 2.24. The quantitative estimate of drug-likeness (QED) is 0.876. The third-order valence-corrected chi connectivity index (χ3v) is 3.20. The smallest absolute Gasteiger partial charge is 0.126 e. The van der Waals surface area contributed by atoms with E-state index >= 15 is 0 Å². The molecule has 3 nitrogen and oxygen atoms in total. The molecule has 3 N–H and O–H groups in total. The van der Waals surface area contributed by atoms with Crippen LogP contribution in [0.25, 0.3) is 11.3 Å². The molecule has 1 heterocycles. The van der Waals surface area contributed by atoms with Crippen molar-refractivity contribution in [3.63, 3.8) is 0 Å². The zero-order chi connectivity index (χ0) is 13.3. The van der Waals surface area contributed by atoms with Crippen LogP contribution in [0, 0.1) is 12.7 Å². The second-order valence-electron chi connectivity index (χ2n) is 5.20. The van der Waals surface area contributed by atoms with Crippen molar-refractivity contribution in [2.75, 3.05) is 6.54 Å². The van der Waals surface area contributed by atoms with Crippen molar-refractivity contribution in [3.05, 3.63) is 41.6 Å². The lowest BCUT2D eigenvalue weighted by Crippen LogP contribution is -2.29. The van der Waals surface area contributed by atoms with Gasteiger partial charge in [0.15, 0.2) is 0 Å². The van der Waals surface area contributed by atoms with Gasteiger partial charge >= 0.3 is 0 Å². The summed E-state index contributed by atoms with van der Waals surface area (Å²) < 4.78 is 13.2. The van der Waals surface area contributed by atoms with Crippen LogP contribution in [0.3, 0.4) is 0 Å². The Bertz CT molecular complexity index is 558. The van der Waals surface area contributed by atoms with Gasteiger partial charge in [-0.15, -0.1) is 0 Å². The van der Waals surface area contributed by atoms with Crippen molar-refractivity contribution in [2.24, 2.45) is 5.73 Å². The summed E-state index contributed by atoms with van der Waals surface area (Å²) in [6.07, 6.45) is 1.76. The lowest BCUT2D eigenvalue weighted by atomic mass is 9.93. The molecule has 0 unspecified atom stereocenters. The van der Waals surface area contributed by atoms with E-state index in [1.807, 2.05) is 19.9 Å². The van der Waals surface area contributed by atoms with Crippen LogP contribution < -0.4 is 5.73 Å². The minimum Gasteiger partial charge on any atom is -0.342 e. The zero-order valence-corrected chi connectivity index (χ0v) is 10.9. The SMILES string of the molecule is Cc1cc(-c2cnc(C(C)(C)CN)[nH]2)ccc1F. The number of H-pyrrole nitrogens is 1. The Morgan fingerprint density at radius 2 is 2.11 bits per heavy atom. The first kappa shape index (κ1) is 12.8. The van der Waals surface area contributed by atoms with Gasteiger partial charge < -0.3 is 10.7 Å². The Hall–Kier alpha value is -1.68. The maximum Gasteiger partial charge on any atom is 0.126 e. The van der Waals surface area contributed by atoms with Crippen molar-refractivity contribution in [1.29, 1.82) is 0 Å². The fraction of sp³-hybridized carbons (Fsp3) is 0.357. The van der Waals surface area contributed by atoms with Crippen LogP contribution in [0.2, 0.25) is 0 Å². The maximum atomic E-state index is 13.2. The molecular weight excluding hydrogens is 229 g/mol. The van der Waals surface area contributed by atoms with Gasteiger partial charge in [0.25, 0.3) is 0 Å². The van der Waals surface area contributed by atoms with Crippen LogP contribution in [0.15, 0.2) is 24.4 Å². The molecule has 0 fully saturated rings. The number of benzene rings is 1. The maximum absolute atomic E-state index is 13.2. The van der Waals surface area contributed by atoms with E-state index in [4.69, 9.17) is 5.73 Å². The van der Waals surface area contributed by atoms with Crippen LogP contribution in [0.4, 0.5) is 4.39 Å². The van der Waals surface area contributed by atoms with Crippen molar-refractivity contribution in [3.8, 4) is 11.3 Å². The topological polar surface area (TPSA) is 54.7 Å². The number of aromatic amines is 1. The van der Waals surface area contributed by atoms with Gasteiger partial charge in [0.1, 0.15) is 11.6 Å².